The van der Waals surface area contributed by atoms with Crippen LogP contribution in [-0.4, -0.2) is 6.29 Å². The number of hydrogen-bond donors (Lipinski definition) is 0. The molecule has 0 amide bonds. The van der Waals surface area contributed by atoms with E-state index in [0.29, 0.717) is 0 Å². The maximum absolute atomic E-state index is 10.9. The van der Waals surface area contributed by atoms with Crippen molar-refractivity contribution >= 4 is 6.29 Å². The van der Waals surface area contributed by atoms with Crippen LogP contribution in [0.1, 0.15) is 21.5 Å². The Labute approximate surface area is 95.7 Å². The molecule has 0 atom stereocenters. The highest BCUT2D eigenvalue weighted by Crippen LogP contribution is 2.22. The Morgan fingerprint density at radius 2 is 1.50 bits per heavy atom. The first-order valence-corrected chi connectivity index (χ1v) is 5.33. The predicted octanol–water partition coefficient (Wildman–Crippen LogP) is 3.78. The number of carbonyl (C=O) groups excluding carboxylic acids is 1. The summed E-state index contributed by atoms with van der Waals surface area (Å²) < 4.78 is 0. The molecule has 1 nitrogen and oxygen atoms in total. The van der Waals surface area contributed by atoms with Crippen LogP contribution in [0.4, 0.5) is 0 Å². The minimum absolute atomic E-state index is 0.762. The number of rotatable bonds is 2. The molecule has 0 radical (unpaired) electrons. The lowest BCUT2D eigenvalue weighted by Gasteiger charge is -2.05. The van der Waals surface area contributed by atoms with Crippen molar-refractivity contribution < 1.29 is 4.79 Å². The van der Waals surface area contributed by atoms with Crippen LogP contribution in [0.3, 0.4) is 0 Å². The van der Waals surface area contributed by atoms with Gasteiger partial charge in [0.25, 0.3) is 0 Å². The second-order valence-corrected chi connectivity index (χ2v) is 4.06. The average molecular weight is 210 g/mol. The first-order valence-electron chi connectivity index (χ1n) is 5.33. The van der Waals surface area contributed by atoms with Gasteiger partial charge in [-0.25, -0.2) is 0 Å². The predicted molar refractivity (Wildman–Crippen MR) is 66.7 cm³/mol. The molecule has 0 spiro atoms. The number of aldehydes is 1. The molecule has 0 saturated carbocycles. The third-order valence-corrected chi connectivity index (χ3v) is 2.79. The fourth-order valence-electron chi connectivity index (χ4n) is 1.69. The average Bonchev–Trinajstić information content (AvgIpc) is 2.31. The van der Waals surface area contributed by atoms with Gasteiger partial charge in [-0.1, -0.05) is 42.0 Å². The molecule has 0 bridgehead atoms. The van der Waals surface area contributed by atoms with E-state index in [4.69, 9.17) is 0 Å². The zero-order valence-electron chi connectivity index (χ0n) is 9.53. The van der Waals surface area contributed by atoms with Gasteiger partial charge in [-0.15, -0.1) is 0 Å². The fraction of sp³-hybridized carbons (Fsp3) is 0.133. The van der Waals surface area contributed by atoms with Crippen LogP contribution in [0.2, 0.25) is 0 Å². The molecule has 2 aromatic carbocycles. The summed E-state index contributed by atoms with van der Waals surface area (Å²) in [5.41, 5.74) is 5.26. The topological polar surface area (TPSA) is 17.1 Å². The molecule has 0 aliphatic carbocycles. The number of benzene rings is 2. The van der Waals surface area contributed by atoms with Crippen LogP contribution in [-0.2, 0) is 0 Å². The van der Waals surface area contributed by atoms with E-state index in [9.17, 15) is 4.79 Å². The van der Waals surface area contributed by atoms with Gasteiger partial charge >= 0.3 is 0 Å². The van der Waals surface area contributed by atoms with E-state index in [1.165, 1.54) is 5.56 Å². The van der Waals surface area contributed by atoms with Gasteiger partial charge in [0.1, 0.15) is 6.29 Å². The standard InChI is InChI=1S/C15H14O/c1-11-3-6-13(7-4-11)14-8-5-12(2)15(9-14)10-16/h3-10H,1-2H3. The van der Waals surface area contributed by atoms with Crippen molar-refractivity contribution in [2.24, 2.45) is 0 Å². The number of hydrogen-bond acceptors (Lipinski definition) is 1. The fourth-order valence-corrected chi connectivity index (χ4v) is 1.69. The van der Waals surface area contributed by atoms with E-state index >= 15 is 0 Å². The van der Waals surface area contributed by atoms with E-state index in [0.717, 1.165) is 28.5 Å². The second kappa shape index (κ2) is 4.31. The summed E-state index contributed by atoms with van der Waals surface area (Å²) in [4.78, 5) is 10.9. The van der Waals surface area contributed by atoms with Crippen LogP contribution in [0.5, 0.6) is 0 Å². The molecular weight excluding hydrogens is 196 g/mol. The molecule has 16 heavy (non-hydrogen) atoms. The Morgan fingerprint density at radius 1 is 0.875 bits per heavy atom. The molecule has 0 N–H and O–H groups in total. The molecule has 0 unspecified atom stereocenters. The second-order valence-electron chi connectivity index (χ2n) is 4.06. The lowest BCUT2D eigenvalue weighted by atomic mass is 10.00. The van der Waals surface area contributed by atoms with Crippen LogP contribution < -0.4 is 0 Å². The minimum atomic E-state index is 0.762. The molecule has 0 aromatic heterocycles. The quantitative estimate of drug-likeness (QED) is 0.689. The molecule has 1 heteroatoms. The minimum Gasteiger partial charge on any atom is -0.298 e. The molecule has 2 rings (SSSR count). The monoisotopic (exact) mass is 210 g/mol. The Hall–Kier alpha value is -1.89. The van der Waals surface area contributed by atoms with E-state index < -0.39 is 0 Å². The summed E-state index contributed by atoms with van der Waals surface area (Å²) in [7, 11) is 0. The zero-order valence-corrected chi connectivity index (χ0v) is 9.53. The maximum atomic E-state index is 10.9. The normalized spacial score (nSPS) is 10.1. The van der Waals surface area contributed by atoms with Gasteiger partial charge in [-0.2, -0.15) is 0 Å². The van der Waals surface area contributed by atoms with Crippen molar-refractivity contribution in [3.05, 3.63) is 59.2 Å². The summed E-state index contributed by atoms with van der Waals surface area (Å²) in [6.45, 7) is 4.01. The highest BCUT2D eigenvalue weighted by atomic mass is 16.1. The maximum Gasteiger partial charge on any atom is 0.150 e. The molecular formula is C15H14O. The van der Waals surface area contributed by atoms with Gasteiger partial charge in [0.2, 0.25) is 0 Å². The zero-order chi connectivity index (χ0) is 11.5. The summed E-state index contributed by atoms with van der Waals surface area (Å²) >= 11 is 0. The smallest absolute Gasteiger partial charge is 0.150 e. The van der Waals surface area contributed by atoms with Crippen LogP contribution in [0.15, 0.2) is 42.5 Å². The Kier molecular flexibility index (Phi) is 2.86. The molecule has 0 aliphatic rings. The molecule has 0 saturated heterocycles. The number of aryl methyl sites for hydroxylation is 2. The van der Waals surface area contributed by atoms with Gasteiger partial charge < -0.3 is 0 Å². The molecule has 0 aliphatic heterocycles. The first kappa shape index (κ1) is 10.6. The summed E-state index contributed by atoms with van der Waals surface area (Å²) in [6.07, 6.45) is 0.910. The Bertz CT molecular complexity index is 509. The Balaban J connectivity index is 2.48. The van der Waals surface area contributed by atoms with Crippen molar-refractivity contribution in [1.82, 2.24) is 0 Å². The summed E-state index contributed by atoms with van der Waals surface area (Å²) in [6, 6.07) is 14.3. The third-order valence-electron chi connectivity index (χ3n) is 2.79. The van der Waals surface area contributed by atoms with Gasteiger partial charge in [-0.05, 0) is 36.6 Å². The highest BCUT2D eigenvalue weighted by Gasteiger charge is 2.01. The van der Waals surface area contributed by atoms with Crippen molar-refractivity contribution in [2.45, 2.75) is 13.8 Å². The van der Waals surface area contributed by atoms with Crippen molar-refractivity contribution in [2.75, 3.05) is 0 Å². The summed E-state index contributed by atoms with van der Waals surface area (Å²) in [5, 5.41) is 0. The Morgan fingerprint density at radius 3 is 2.12 bits per heavy atom. The van der Waals surface area contributed by atoms with E-state index in [2.05, 4.69) is 31.2 Å². The molecule has 0 heterocycles. The van der Waals surface area contributed by atoms with E-state index in [-0.39, 0.29) is 0 Å². The lowest BCUT2D eigenvalue weighted by molar-refractivity contribution is 0.112. The molecule has 80 valence electrons. The van der Waals surface area contributed by atoms with Gasteiger partial charge in [0.05, 0.1) is 0 Å². The number of carbonyl (C=O) groups is 1. The third kappa shape index (κ3) is 2.03. The van der Waals surface area contributed by atoms with Gasteiger partial charge in [-0.3, -0.25) is 4.79 Å². The van der Waals surface area contributed by atoms with E-state index in [1.54, 1.807) is 0 Å². The lowest BCUT2D eigenvalue weighted by Crippen LogP contribution is -1.87. The van der Waals surface area contributed by atoms with Crippen molar-refractivity contribution in [3.63, 3.8) is 0 Å². The first-order chi connectivity index (χ1) is 7.70. The van der Waals surface area contributed by atoms with Crippen LogP contribution >= 0.6 is 0 Å². The van der Waals surface area contributed by atoms with Crippen molar-refractivity contribution in [3.8, 4) is 11.1 Å². The van der Waals surface area contributed by atoms with Crippen LogP contribution in [0.25, 0.3) is 11.1 Å². The van der Waals surface area contributed by atoms with Gasteiger partial charge in [0.15, 0.2) is 0 Å². The van der Waals surface area contributed by atoms with Gasteiger partial charge in [0, 0.05) is 5.56 Å². The highest BCUT2D eigenvalue weighted by molar-refractivity contribution is 5.81. The SMILES string of the molecule is Cc1ccc(-c2ccc(C)c(C=O)c2)cc1. The van der Waals surface area contributed by atoms with Crippen molar-refractivity contribution in [1.29, 1.82) is 0 Å². The largest absolute Gasteiger partial charge is 0.298 e. The molecule has 2 aromatic rings. The molecule has 0 fully saturated rings. The van der Waals surface area contributed by atoms with Crippen LogP contribution in [0, 0.1) is 13.8 Å². The van der Waals surface area contributed by atoms with E-state index in [1.807, 2.05) is 25.1 Å². The summed E-state index contributed by atoms with van der Waals surface area (Å²) in [5.74, 6) is 0.